The first kappa shape index (κ1) is 23.5. The number of benzene rings is 3. The molecule has 1 N–H and O–H groups in total. The van der Waals surface area contributed by atoms with Gasteiger partial charge in [-0.1, -0.05) is 84.4 Å². The van der Waals surface area contributed by atoms with Crippen LogP contribution >= 0.6 is 11.6 Å². The fourth-order valence-electron chi connectivity index (χ4n) is 3.78. The van der Waals surface area contributed by atoms with Crippen LogP contribution in [0, 0.1) is 0 Å². The Morgan fingerprint density at radius 3 is 2.12 bits per heavy atom. The van der Waals surface area contributed by atoms with E-state index in [4.69, 9.17) is 11.6 Å². The standard InChI is InChI=1S/C25H19ClF3N3O2/c1-16(17-10-4-2-5-11-17)32-21(18-12-6-3-7-13-18)30-24(23(32)34,25(27,28)29)31-22(33)19-14-8-9-15-20(19)26/h2-16H,1H3,(H,31,33). The summed E-state index contributed by atoms with van der Waals surface area (Å²) in [6.07, 6.45) is -5.23. The lowest BCUT2D eigenvalue weighted by Crippen LogP contribution is -2.63. The van der Waals surface area contributed by atoms with Gasteiger partial charge in [-0.25, -0.2) is 4.99 Å². The van der Waals surface area contributed by atoms with Gasteiger partial charge in [0.25, 0.3) is 11.8 Å². The van der Waals surface area contributed by atoms with Crippen molar-refractivity contribution in [1.29, 1.82) is 0 Å². The molecule has 1 heterocycles. The summed E-state index contributed by atoms with van der Waals surface area (Å²) in [7, 11) is 0. The molecule has 5 nitrogen and oxygen atoms in total. The van der Waals surface area contributed by atoms with Gasteiger partial charge in [-0.05, 0) is 24.6 Å². The van der Waals surface area contributed by atoms with Crippen LogP contribution < -0.4 is 5.32 Å². The van der Waals surface area contributed by atoms with E-state index in [1.807, 2.05) is 5.32 Å². The molecule has 1 aliphatic rings. The summed E-state index contributed by atoms with van der Waals surface area (Å²) in [5, 5.41) is 1.80. The Kier molecular flexibility index (Phi) is 6.18. The summed E-state index contributed by atoms with van der Waals surface area (Å²) in [5.41, 5.74) is -2.81. The van der Waals surface area contributed by atoms with E-state index in [0.29, 0.717) is 11.1 Å². The molecule has 2 atom stereocenters. The first-order chi connectivity index (χ1) is 16.2. The fourth-order valence-corrected chi connectivity index (χ4v) is 4.00. The first-order valence-electron chi connectivity index (χ1n) is 10.3. The van der Waals surface area contributed by atoms with E-state index in [9.17, 15) is 22.8 Å². The molecule has 0 bridgehead atoms. The summed E-state index contributed by atoms with van der Waals surface area (Å²) in [4.78, 5) is 31.3. The van der Waals surface area contributed by atoms with Crippen LogP contribution in [0.2, 0.25) is 5.02 Å². The predicted molar refractivity (Wildman–Crippen MR) is 122 cm³/mol. The molecule has 0 fully saturated rings. The average Bonchev–Trinajstić information content (AvgIpc) is 3.13. The van der Waals surface area contributed by atoms with Gasteiger partial charge in [0.15, 0.2) is 0 Å². The number of halogens is 4. The van der Waals surface area contributed by atoms with Crippen molar-refractivity contribution in [3.63, 3.8) is 0 Å². The molecule has 0 aromatic heterocycles. The van der Waals surface area contributed by atoms with Gasteiger partial charge in [0.2, 0.25) is 0 Å². The van der Waals surface area contributed by atoms with Crippen molar-refractivity contribution in [1.82, 2.24) is 10.2 Å². The Labute approximate surface area is 198 Å². The van der Waals surface area contributed by atoms with Crippen LogP contribution in [-0.2, 0) is 4.79 Å². The lowest BCUT2D eigenvalue weighted by atomic mass is 10.0. The smallest absolute Gasteiger partial charge is 0.312 e. The average molecular weight is 486 g/mol. The van der Waals surface area contributed by atoms with Gasteiger partial charge in [0.1, 0.15) is 5.84 Å². The van der Waals surface area contributed by atoms with E-state index in [-0.39, 0.29) is 16.4 Å². The molecule has 2 amide bonds. The van der Waals surface area contributed by atoms with Crippen LogP contribution in [-0.4, -0.2) is 34.4 Å². The second-order valence-corrected chi connectivity index (χ2v) is 8.11. The number of amides is 2. The third kappa shape index (κ3) is 4.05. The zero-order valence-corrected chi connectivity index (χ0v) is 18.6. The maximum Gasteiger partial charge on any atom is 0.442 e. The third-order valence-corrected chi connectivity index (χ3v) is 5.88. The molecule has 0 radical (unpaired) electrons. The molecule has 34 heavy (non-hydrogen) atoms. The zero-order valence-electron chi connectivity index (χ0n) is 17.9. The largest absolute Gasteiger partial charge is 0.442 e. The van der Waals surface area contributed by atoms with Gasteiger partial charge < -0.3 is 5.32 Å². The minimum atomic E-state index is -5.23. The lowest BCUT2D eigenvalue weighted by Gasteiger charge is -2.31. The van der Waals surface area contributed by atoms with E-state index in [2.05, 4.69) is 4.99 Å². The SMILES string of the molecule is CC(c1ccccc1)N1C(=O)C(NC(=O)c2ccccc2Cl)(C(F)(F)F)N=C1c1ccccc1. The summed E-state index contributed by atoms with van der Waals surface area (Å²) >= 11 is 6.01. The van der Waals surface area contributed by atoms with E-state index in [1.54, 1.807) is 67.6 Å². The van der Waals surface area contributed by atoms with Crippen molar-refractivity contribution in [3.8, 4) is 0 Å². The van der Waals surface area contributed by atoms with Gasteiger partial charge in [-0.2, -0.15) is 13.2 Å². The number of rotatable bonds is 5. The highest BCUT2D eigenvalue weighted by atomic mass is 35.5. The normalized spacial score (nSPS) is 19.0. The molecular formula is C25H19ClF3N3O2. The topological polar surface area (TPSA) is 61.8 Å². The second kappa shape index (κ2) is 8.95. The quantitative estimate of drug-likeness (QED) is 0.527. The van der Waals surface area contributed by atoms with Crippen LogP contribution in [0.5, 0.6) is 0 Å². The van der Waals surface area contributed by atoms with Crippen molar-refractivity contribution in [2.75, 3.05) is 0 Å². The van der Waals surface area contributed by atoms with Crippen molar-refractivity contribution >= 4 is 29.3 Å². The minimum Gasteiger partial charge on any atom is -0.312 e. The summed E-state index contributed by atoms with van der Waals surface area (Å²) in [6, 6.07) is 21.5. The Morgan fingerprint density at radius 2 is 1.53 bits per heavy atom. The molecule has 0 aliphatic carbocycles. The second-order valence-electron chi connectivity index (χ2n) is 7.71. The number of hydrogen-bond donors (Lipinski definition) is 1. The Hall–Kier alpha value is -3.65. The predicted octanol–water partition coefficient (Wildman–Crippen LogP) is 5.38. The number of nitrogens with one attached hydrogen (secondary N) is 1. The summed E-state index contributed by atoms with van der Waals surface area (Å²) in [6.45, 7) is 1.61. The number of alkyl halides is 3. The van der Waals surface area contributed by atoms with E-state index >= 15 is 0 Å². The number of nitrogens with zero attached hydrogens (tertiary/aromatic N) is 2. The fraction of sp³-hybridized carbons (Fsp3) is 0.160. The molecule has 2 unspecified atom stereocenters. The van der Waals surface area contributed by atoms with Crippen LogP contribution in [0.25, 0.3) is 0 Å². The van der Waals surface area contributed by atoms with E-state index in [0.717, 1.165) is 4.90 Å². The molecule has 1 aliphatic heterocycles. The highest BCUT2D eigenvalue weighted by Crippen LogP contribution is 2.41. The summed E-state index contributed by atoms with van der Waals surface area (Å²) < 4.78 is 43.7. The molecule has 0 saturated heterocycles. The number of carbonyl (C=O) groups excluding carboxylic acids is 2. The van der Waals surface area contributed by atoms with Crippen LogP contribution in [0.15, 0.2) is 89.9 Å². The van der Waals surface area contributed by atoms with Crippen molar-refractivity contribution in [2.24, 2.45) is 4.99 Å². The molecule has 3 aromatic carbocycles. The Balaban J connectivity index is 1.86. The molecule has 0 saturated carbocycles. The first-order valence-corrected chi connectivity index (χ1v) is 10.7. The van der Waals surface area contributed by atoms with Gasteiger partial charge in [0, 0.05) is 5.56 Å². The molecule has 9 heteroatoms. The van der Waals surface area contributed by atoms with Gasteiger partial charge in [-0.3, -0.25) is 14.5 Å². The maximum atomic E-state index is 14.6. The summed E-state index contributed by atoms with van der Waals surface area (Å²) in [5.74, 6) is -2.77. The van der Waals surface area contributed by atoms with E-state index in [1.165, 1.54) is 24.3 Å². The third-order valence-electron chi connectivity index (χ3n) is 5.55. The highest BCUT2D eigenvalue weighted by Gasteiger charge is 2.67. The lowest BCUT2D eigenvalue weighted by molar-refractivity contribution is -0.196. The van der Waals surface area contributed by atoms with Crippen LogP contribution in [0.3, 0.4) is 0 Å². The molecular weight excluding hydrogens is 467 g/mol. The highest BCUT2D eigenvalue weighted by molar-refractivity contribution is 6.34. The number of aliphatic imine (C=N–C) groups is 1. The molecule has 3 aromatic rings. The van der Waals surface area contributed by atoms with Gasteiger partial charge in [0.05, 0.1) is 16.6 Å². The van der Waals surface area contributed by atoms with Crippen molar-refractivity contribution in [3.05, 3.63) is 107 Å². The maximum absolute atomic E-state index is 14.6. The van der Waals surface area contributed by atoms with Crippen LogP contribution in [0.4, 0.5) is 13.2 Å². The number of amidine groups is 1. The van der Waals surface area contributed by atoms with Gasteiger partial charge >= 0.3 is 11.8 Å². The molecule has 174 valence electrons. The zero-order chi connectivity index (χ0) is 24.5. The minimum absolute atomic E-state index is 0.0513. The number of carbonyl (C=O) groups is 2. The monoisotopic (exact) mass is 485 g/mol. The van der Waals surface area contributed by atoms with Crippen LogP contribution in [0.1, 0.15) is 34.5 Å². The van der Waals surface area contributed by atoms with E-state index < -0.39 is 29.7 Å². The Bertz CT molecular complexity index is 1250. The van der Waals surface area contributed by atoms with Crippen molar-refractivity contribution < 1.29 is 22.8 Å². The molecule has 4 rings (SSSR count). The molecule has 0 spiro atoms. The van der Waals surface area contributed by atoms with Gasteiger partial charge in [-0.15, -0.1) is 0 Å². The van der Waals surface area contributed by atoms with Crippen molar-refractivity contribution in [2.45, 2.75) is 24.8 Å². The number of hydrogen-bond acceptors (Lipinski definition) is 3. The Morgan fingerprint density at radius 1 is 0.971 bits per heavy atom.